The lowest BCUT2D eigenvalue weighted by molar-refractivity contribution is 0.301. The molecule has 4 nitrogen and oxygen atoms in total. The van der Waals surface area contributed by atoms with Gasteiger partial charge in [0.05, 0.1) is 10.6 Å². The summed E-state index contributed by atoms with van der Waals surface area (Å²) in [4.78, 5) is 0.0394. The van der Waals surface area contributed by atoms with E-state index in [9.17, 15) is 12.8 Å². The van der Waals surface area contributed by atoms with E-state index in [1.807, 2.05) is 0 Å². The van der Waals surface area contributed by atoms with Crippen LogP contribution in [0.1, 0.15) is 44.6 Å². The zero-order valence-corrected chi connectivity index (χ0v) is 13.3. The molecule has 0 amide bonds. The average molecular weight is 314 g/mol. The molecule has 0 spiro atoms. The Balaban J connectivity index is 2.18. The van der Waals surface area contributed by atoms with Crippen LogP contribution >= 0.6 is 0 Å². The molecule has 0 bridgehead atoms. The summed E-state index contributed by atoms with van der Waals surface area (Å²) in [6.07, 6.45) is 4.99. The molecule has 6 heteroatoms. The van der Waals surface area contributed by atoms with Crippen molar-refractivity contribution in [1.82, 2.24) is 4.72 Å². The van der Waals surface area contributed by atoms with Gasteiger partial charge in [-0.05, 0) is 43.4 Å². The molecular formula is C15H23FN2O2S. The van der Waals surface area contributed by atoms with E-state index in [0.29, 0.717) is 5.92 Å². The first-order valence-electron chi connectivity index (χ1n) is 7.41. The van der Waals surface area contributed by atoms with Gasteiger partial charge < -0.3 is 5.73 Å². The minimum absolute atomic E-state index is 0.0394. The molecule has 2 atom stereocenters. The number of sulfonamides is 1. The average Bonchev–Trinajstić information content (AvgIpc) is 2.44. The first-order chi connectivity index (χ1) is 9.83. The van der Waals surface area contributed by atoms with E-state index in [0.717, 1.165) is 32.1 Å². The van der Waals surface area contributed by atoms with Gasteiger partial charge in [0.1, 0.15) is 5.82 Å². The lowest BCUT2D eigenvalue weighted by atomic mass is 9.85. The third-order valence-electron chi connectivity index (χ3n) is 4.25. The Hall–Kier alpha value is -1.14. The highest BCUT2D eigenvalue weighted by Gasteiger charge is 2.26. The molecule has 118 valence electrons. The van der Waals surface area contributed by atoms with Crippen LogP contribution in [0.15, 0.2) is 17.0 Å². The van der Waals surface area contributed by atoms with Gasteiger partial charge in [-0.3, -0.25) is 0 Å². The molecule has 0 aliphatic heterocycles. The molecule has 0 heterocycles. The van der Waals surface area contributed by atoms with Crippen molar-refractivity contribution < 1.29 is 12.8 Å². The van der Waals surface area contributed by atoms with Gasteiger partial charge in [-0.25, -0.2) is 17.5 Å². The van der Waals surface area contributed by atoms with Crippen LogP contribution in [0.5, 0.6) is 0 Å². The molecule has 21 heavy (non-hydrogen) atoms. The number of nitrogens with one attached hydrogen (secondary N) is 1. The van der Waals surface area contributed by atoms with E-state index in [4.69, 9.17) is 5.73 Å². The summed E-state index contributed by atoms with van der Waals surface area (Å²) in [5, 5.41) is 0. The van der Waals surface area contributed by atoms with Gasteiger partial charge in [-0.15, -0.1) is 0 Å². The number of anilines is 1. The zero-order chi connectivity index (χ0) is 15.6. The third-order valence-corrected chi connectivity index (χ3v) is 5.75. The van der Waals surface area contributed by atoms with Crippen LogP contribution in [0.25, 0.3) is 0 Å². The van der Waals surface area contributed by atoms with Crippen LogP contribution in [0.2, 0.25) is 0 Å². The lowest BCUT2D eigenvalue weighted by Gasteiger charge is -2.29. The van der Waals surface area contributed by atoms with Gasteiger partial charge in [0.15, 0.2) is 0 Å². The van der Waals surface area contributed by atoms with Crippen molar-refractivity contribution in [3.8, 4) is 0 Å². The number of nitrogens with two attached hydrogens (primary N) is 1. The van der Waals surface area contributed by atoms with Crippen molar-refractivity contribution in [2.45, 2.75) is 56.9 Å². The molecule has 1 aromatic rings. The quantitative estimate of drug-likeness (QED) is 0.839. The second kappa shape index (κ2) is 6.32. The van der Waals surface area contributed by atoms with Gasteiger partial charge in [0.25, 0.3) is 0 Å². The van der Waals surface area contributed by atoms with Gasteiger partial charge in [0, 0.05) is 6.04 Å². The highest BCUT2D eigenvalue weighted by atomic mass is 32.2. The predicted octanol–water partition coefficient (Wildman–Crippen LogP) is 2.96. The molecule has 1 aromatic carbocycles. The fraction of sp³-hybridized carbons (Fsp3) is 0.600. The Morgan fingerprint density at radius 3 is 2.71 bits per heavy atom. The number of rotatable bonds is 4. The molecular weight excluding hydrogens is 291 g/mol. The second-order valence-electron chi connectivity index (χ2n) is 5.90. The van der Waals surface area contributed by atoms with E-state index in [1.165, 1.54) is 19.1 Å². The summed E-state index contributed by atoms with van der Waals surface area (Å²) in [5.41, 5.74) is 5.63. The van der Waals surface area contributed by atoms with Crippen LogP contribution in [0.4, 0.5) is 10.1 Å². The first kappa shape index (κ1) is 16.2. The predicted molar refractivity (Wildman–Crippen MR) is 81.9 cm³/mol. The van der Waals surface area contributed by atoms with Crippen molar-refractivity contribution in [3.63, 3.8) is 0 Å². The van der Waals surface area contributed by atoms with Gasteiger partial charge in [0.2, 0.25) is 10.0 Å². The molecule has 3 N–H and O–H groups in total. The van der Waals surface area contributed by atoms with E-state index >= 15 is 0 Å². The Bertz CT molecular complexity index is 593. The maximum Gasteiger partial charge on any atom is 0.240 e. The number of nitrogen functional groups attached to an aromatic ring is 1. The number of benzene rings is 1. The monoisotopic (exact) mass is 314 g/mol. The van der Waals surface area contributed by atoms with Gasteiger partial charge in [-0.1, -0.05) is 26.2 Å². The molecule has 2 unspecified atom stereocenters. The smallest absolute Gasteiger partial charge is 0.240 e. The minimum atomic E-state index is -3.65. The molecule has 0 aromatic heterocycles. The molecule has 1 fully saturated rings. The maximum atomic E-state index is 13.5. The van der Waals surface area contributed by atoms with Crippen LogP contribution in [-0.2, 0) is 10.0 Å². The second-order valence-corrected chi connectivity index (χ2v) is 7.62. The summed E-state index contributed by atoms with van der Waals surface area (Å²) < 4.78 is 41.1. The SMILES string of the molecule is CCC1CCCC(NS(=O)(=O)c2cc(C)c(F)c(N)c2)C1. The Labute approximate surface area is 126 Å². The fourth-order valence-electron chi connectivity index (χ4n) is 2.97. The van der Waals surface area contributed by atoms with E-state index in [1.54, 1.807) is 0 Å². The zero-order valence-electron chi connectivity index (χ0n) is 12.5. The first-order valence-corrected chi connectivity index (χ1v) is 8.89. The molecule has 1 aliphatic rings. The number of aryl methyl sites for hydroxylation is 1. The summed E-state index contributed by atoms with van der Waals surface area (Å²) in [5.74, 6) is 0.0177. The number of halogens is 1. The fourth-order valence-corrected chi connectivity index (χ4v) is 4.38. The van der Waals surface area contributed by atoms with Crippen molar-refractivity contribution >= 4 is 15.7 Å². The van der Waals surface area contributed by atoms with E-state index < -0.39 is 15.8 Å². The number of hydrogen-bond acceptors (Lipinski definition) is 3. The lowest BCUT2D eigenvalue weighted by Crippen LogP contribution is -2.38. The molecule has 0 radical (unpaired) electrons. The topological polar surface area (TPSA) is 72.2 Å². The normalized spacial score (nSPS) is 23.2. The van der Waals surface area contributed by atoms with E-state index in [2.05, 4.69) is 11.6 Å². The molecule has 0 saturated heterocycles. The highest BCUT2D eigenvalue weighted by molar-refractivity contribution is 7.89. The van der Waals surface area contributed by atoms with Crippen LogP contribution < -0.4 is 10.5 Å². The summed E-state index contributed by atoms with van der Waals surface area (Å²) in [7, 11) is -3.65. The largest absolute Gasteiger partial charge is 0.396 e. The third kappa shape index (κ3) is 3.74. The summed E-state index contributed by atoms with van der Waals surface area (Å²) in [6, 6.07) is 2.47. The Morgan fingerprint density at radius 2 is 2.10 bits per heavy atom. The molecule has 1 saturated carbocycles. The van der Waals surface area contributed by atoms with Crippen molar-refractivity contribution in [2.75, 3.05) is 5.73 Å². The van der Waals surface area contributed by atoms with Crippen molar-refractivity contribution in [1.29, 1.82) is 0 Å². The number of hydrogen-bond donors (Lipinski definition) is 2. The molecule has 2 rings (SSSR count). The standard InChI is InChI=1S/C15H23FN2O2S/c1-3-11-5-4-6-12(8-11)18-21(19,20)13-7-10(2)15(16)14(17)9-13/h7,9,11-12,18H,3-6,8,17H2,1-2H3. The summed E-state index contributed by atoms with van der Waals surface area (Å²) >= 11 is 0. The van der Waals surface area contributed by atoms with Crippen LogP contribution in [-0.4, -0.2) is 14.5 Å². The van der Waals surface area contributed by atoms with E-state index in [-0.39, 0.29) is 22.2 Å². The Morgan fingerprint density at radius 1 is 1.38 bits per heavy atom. The van der Waals surface area contributed by atoms with Gasteiger partial charge >= 0.3 is 0 Å². The van der Waals surface area contributed by atoms with Crippen molar-refractivity contribution in [2.24, 2.45) is 5.92 Å². The van der Waals surface area contributed by atoms with Crippen LogP contribution in [0.3, 0.4) is 0 Å². The molecule has 1 aliphatic carbocycles. The van der Waals surface area contributed by atoms with Crippen molar-refractivity contribution in [3.05, 3.63) is 23.5 Å². The minimum Gasteiger partial charge on any atom is -0.396 e. The summed E-state index contributed by atoms with van der Waals surface area (Å²) in [6.45, 7) is 3.64. The maximum absolute atomic E-state index is 13.5. The highest BCUT2D eigenvalue weighted by Crippen LogP contribution is 2.28. The Kier molecular flexibility index (Phi) is 4.88. The van der Waals surface area contributed by atoms with Crippen LogP contribution in [0, 0.1) is 18.7 Å². The van der Waals surface area contributed by atoms with Gasteiger partial charge in [-0.2, -0.15) is 0 Å².